The highest BCUT2D eigenvalue weighted by molar-refractivity contribution is 5.64. The van der Waals surface area contributed by atoms with Gasteiger partial charge in [0, 0.05) is 0 Å². The Labute approximate surface area is 73.0 Å². The van der Waals surface area contributed by atoms with E-state index in [4.69, 9.17) is 5.26 Å². The molecule has 0 aromatic rings. The fourth-order valence-electron chi connectivity index (χ4n) is 0.949. The Morgan fingerprint density at radius 2 is 2.25 bits per heavy atom. The molecule has 0 aromatic carbocycles. The first-order valence-electron chi connectivity index (χ1n) is 4.27. The molecule has 0 aromatic heterocycles. The number of carbonyl (C=O) groups is 1. The molecule has 0 bridgehead atoms. The first kappa shape index (κ1) is 11.3. The van der Waals surface area contributed by atoms with Crippen LogP contribution in [0.3, 0.4) is 0 Å². The van der Waals surface area contributed by atoms with E-state index in [-0.39, 0.29) is 6.10 Å². The Kier molecular flexibility index (Phi) is 7.96. The SMILES string of the molecule is CCCCC[C@@H](/C=C/C=O)OO. The van der Waals surface area contributed by atoms with Gasteiger partial charge in [0.1, 0.15) is 12.4 Å². The molecule has 1 N–H and O–H groups in total. The van der Waals surface area contributed by atoms with Crippen LogP contribution in [0.5, 0.6) is 0 Å². The van der Waals surface area contributed by atoms with Gasteiger partial charge in [-0.2, -0.15) is 0 Å². The normalized spacial score (nSPS) is 13.5. The first-order chi connectivity index (χ1) is 5.85. The smallest absolute Gasteiger partial charge is 0.142 e. The van der Waals surface area contributed by atoms with Gasteiger partial charge < -0.3 is 0 Å². The number of unbranched alkanes of at least 4 members (excludes halogenated alkanes) is 2. The minimum absolute atomic E-state index is 0.332. The zero-order valence-corrected chi connectivity index (χ0v) is 7.40. The van der Waals surface area contributed by atoms with Gasteiger partial charge in [0.05, 0.1) is 0 Å². The van der Waals surface area contributed by atoms with Gasteiger partial charge in [0.25, 0.3) is 0 Å². The predicted octanol–water partition coefficient (Wildman–Crippen LogP) is 2.18. The molecule has 0 amide bonds. The number of hydrogen-bond acceptors (Lipinski definition) is 3. The molecule has 0 rings (SSSR count). The van der Waals surface area contributed by atoms with E-state index in [2.05, 4.69) is 11.8 Å². The molecule has 0 spiro atoms. The molecule has 0 unspecified atom stereocenters. The standard InChI is InChI=1S/C9H16O3/c1-2-3-4-6-9(12-11)7-5-8-10/h5,7-9,11H,2-4,6H2,1H3/b7-5+/t9-/m0/s1. The van der Waals surface area contributed by atoms with E-state index in [1.54, 1.807) is 6.08 Å². The van der Waals surface area contributed by atoms with Crippen LogP contribution in [-0.2, 0) is 9.68 Å². The second-order valence-corrected chi connectivity index (χ2v) is 2.66. The Morgan fingerprint density at radius 1 is 1.50 bits per heavy atom. The van der Waals surface area contributed by atoms with Crippen molar-refractivity contribution in [2.24, 2.45) is 0 Å². The van der Waals surface area contributed by atoms with Crippen LogP contribution in [0.15, 0.2) is 12.2 Å². The Hall–Kier alpha value is -0.670. The van der Waals surface area contributed by atoms with Gasteiger partial charge in [-0.3, -0.25) is 10.1 Å². The summed E-state index contributed by atoms with van der Waals surface area (Å²) < 4.78 is 0. The lowest BCUT2D eigenvalue weighted by Gasteiger charge is -2.06. The van der Waals surface area contributed by atoms with Crippen LogP contribution in [0.25, 0.3) is 0 Å². The number of rotatable bonds is 7. The zero-order valence-electron chi connectivity index (χ0n) is 7.40. The van der Waals surface area contributed by atoms with Gasteiger partial charge in [-0.15, -0.1) is 0 Å². The van der Waals surface area contributed by atoms with E-state index in [0.29, 0.717) is 6.29 Å². The molecular formula is C9H16O3. The highest BCUT2D eigenvalue weighted by Gasteiger charge is 2.02. The topological polar surface area (TPSA) is 46.5 Å². The number of carbonyl (C=O) groups excluding carboxylic acids is 1. The summed E-state index contributed by atoms with van der Waals surface area (Å²) in [6.07, 6.45) is 7.26. The average Bonchev–Trinajstić information content (AvgIpc) is 2.11. The second-order valence-electron chi connectivity index (χ2n) is 2.66. The van der Waals surface area contributed by atoms with E-state index in [0.717, 1.165) is 25.7 Å². The summed E-state index contributed by atoms with van der Waals surface area (Å²) in [6.45, 7) is 2.11. The van der Waals surface area contributed by atoms with E-state index in [1.807, 2.05) is 0 Å². The molecule has 0 aliphatic carbocycles. The quantitative estimate of drug-likeness (QED) is 0.210. The van der Waals surface area contributed by atoms with Crippen molar-refractivity contribution in [2.75, 3.05) is 0 Å². The molecule has 0 fully saturated rings. The van der Waals surface area contributed by atoms with Gasteiger partial charge in [-0.25, -0.2) is 4.89 Å². The molecule has 0 saturated heterocycles. The van der Waals surface area contributed by atoms with Crippen molar-refractivity contribution < 1.29 is 14.9 Å². The summed E-state index contributed by atoms with van der Waals surface area (Å²) in [5.74, 6) is 0. The second kappa shape index (κ2) is 8.43. The Balaban J connectivity index is 3.52. The van der Waals surface area contributed by atoms with Crippen molar-refractivity contribution in [3.05, 3.63) is 12.2 Å². The summed E-state index contributed by atoms with van der Waals surface area (Å²) in [6, 6.07) is 0. The molecule has 0 aliphatic rings. The molecule has 0 saturated carbocycles. The van der Waals surface area contributed by atoms with Crippen molar-refractivity contribution in [2.45, 2.75) is 38.7 Å². The van der Waals surface area contributed by atoms with Gasteiger partial charge >= 0.3 is 0 Å². The number of allylic oxidation sites excluding steroid dienone is 1. The van der Waals surface area contributed by atoms with Crippen LogP contribution in [0, 0.1) is 0 Å². The maximum atomic E-state index is 9.93. The molecule has 70 valence electrons. The molecular weight excluding hydrogens is 156 g/mol. The molecule has 0 heterocycles. The fraction of sp³-hybridized carbons (Fsp3) is 0.667. The summed E-state index contributed by atoms with van der Waals surface area (Å²) in [5, 5.41) is 8.38. The monoisotopic (exact) mass is 172 g/mol. The minimum atomic E-state index is -0.332. The summed E-state index contributed by atoms with van der Waals surface area (Å²) >= 11 is 0. The molecule has 0 radical (unpaired) electrons. The van der Waals surface area contributed by atoms with Gasteiger partial charge in [0.2, 0.25) is 0 Å². The first-order valence-corrected chi connectivity index (χ1v) is 4.27. The average molecular weight is 172 g/mol. The zero-order chi connectivity index (χ0) is 9.23. The fourth-order valence-corrected chi connectivity index (χ4v) is 0.949. The lowest BCUT2D eigenvalue weighted by molar-refractivity contribution is -0.267. The van der Waals surface area contributed by atoms with Gasteiger partial charge in [0.15, 0.2) is 0 Å². The number of aldehydes is 1. The Morgan fingerprint density at radius 3 is 2.75 bits per heavy atom. The van der Waals surface area contributed by atoms with Crippen molar-refractivity contribution in [1.82, 2.24) is 0 Å². The lowest BCUT2D eigenvalue weighted by Crippen LogP contribution is -2.06. The summed E-state index contributed by atoms with van der Waals surface area (Å²) in [4.78, 5) is 14.1. The number of hydrogen-bond donors (Lipinski definition) is 1. The molecule has 3 heteroatoms. The summed E-state index contributed by atoms with van der Waals surface area (Å²) in [7, 11) is 0. The molecule has 0 aliphatic heterocycles. The predicted molar refractivity (Wildman–Crippen MR) is 46.8 cm³/mol. The van der Waals surface area contributed by atoms with Crippen LogP contribution in [-0.4, -0.2) is 17.6 Å². The lowest BCUT2D eigenvalue weighted by atomic mass is 10.1. The third kappa shape index (κ3) is 6.07. The van der Waals surface area contributed by atoms with Crippen LogP contribution >= 0.6 is 0 Å². The van der Waals surface area contributed by atoms with Crippen LogP contribution < -0.4 is 0 Å². The van der Waals surface area contributed by atoms with E-state index in [1.165, 1.54) is 6.08 Å². The molecule has 1 atom stereocenters. The highest BCUT2D eigenvalue weighted by atomic mass is 17.1. The maximum Gasteiger partial charge on any atom is 0.142 e. The Bertz CT molecular complexity index is 132. The van der Waals surface area contributed by atoms with E-state index >= 15 is 0 Å². The third-order valence-corrected chi connectivity index (χ3v) is 1.63. The third-order valence-electron chi connectivity index (χ3n) is 1.63. The largest absolute Gasteiger partial charge is 0.299 e. The van der Waals surface area contributed by atoms with E-state index in [9.17, 15) is 4.79 Å². The maximum absolute atomic E-state index is 9.93. The van der Waals surface area contributed by atoms with Crippen LogP contribution in [0.1, 0.15) is 32.6 Å². The van der Waals surface area contributed by atoms with Gasteiger partial charge in [-0.05, 0) is 18.6 Å². The van der Waals surface area contributed by atoms with Crippen molar-refractivity contribution >= 4 is 6.29 Å². The summed E-state index contributed by atoms with van der Waals surface area (Å²) in [5.41, 5.74) is 0. The molecule has 12 heavy (non-hydrogen) atoms. The van der Waals surface area contributed by atoms with Crippen LogP contribution in [0.4, 0.5) is 0 Å². The van der Waals surface area contributed by atoms with Crippen molar-refractivity contribution in [1.29, 1.82) is 0 Å². The van der Waals surface area contributed by atoms with Gasteiger partial charge in [-0.1, -0.05) is 26.2 Å². The van der Waals surface area contributed by atoms with Crippen molar-refractivity contribution in [3.63, 3.8) is 0 Å². The van der Waals surface area contributed by atoms with Crippen molar-refractivity contribution in [3.8, 4) is 0 Å². The minimum Gasteiger partial charge on any atom is -0.299 e. The molecule has 3 nitrogen and oxygen atoms in total. The van der Waals surface area contributed by atoms with E-state index < -0.39 is 0 Å². The van der Waals surface area contributed by atoms with Crippen LogP contribution in [0.2, 0.25) is 0 Å². The highest BCUT2D eigenvalue weighted by Crippen LogP contribution is 2.06.